The summed E-state index contributed by atoms with van der Waals surface area (Å²) in [6.07, 6.45) is -15.8. The topological polar surface area (TPSA) is 317 Å². The SMILES string of the molecule is CO[C@@H]1C[C@H](O[C@H]2CC[C@@]3(C)C(=CC[C@H]4C(=O)O[C@@H]5CO[C@]6(C)OC=C(CC[C@@H]43)[C@H]56)C2)O[C@H](C)[C@H]1O[C@H]1C[C@H](O)[C@H](O[C@H]2C[C@@H](OC)[C@H](O[C@@H]3O[C@H](CO)[C@@H](O[C@@H]4O[C@H](CO)[C@@H](O)[C@H](O)[C@H]4O)[C@H](O)[C@H]3O)[C@@H](C)O2)[C@@H](C)O1. The van der Waals surface area contributed by atoms with Crippen LogP contribution < -0.4 is 0 Å². The summed E-state index contributed by atoms with van der Waals surface area (Å²) < 4.78 is 91.7. The number of ether oxygens (including phenoxy) is 15. The van der Waals surface area contributed by atoms with Crippen molar-refractivity contribution in [2.24, 2.45) is 23.2 Å². The lowest BCUT2D eigenvalue weighted by Crippen LogP contribution is -2.65. The minimum Gasteiger partial charge on any atom is -0.469 e. The van der Waals surface area contributed by atoms with Crippen molar-refractivity contribution in [3.8, 4) is 0 Å². The zero-order chi connectivity index (χ0) is 54.8. The minimum absolute atomic E-state index is 0.0680. The largest absolute Gasteiger partial charge is 0.469 e. The summed E-state index contributed by atoms with van der Waals surface area (Å²) in [7, 11) is 3.08. The van der Waals surface area contributed by atoms with Crippen LogP contribution >= 0.6 is 0 Å². The number of methoxy groups -OCH3 is 2. The molecule has 10 rings (SSSR count). The van der Waals surface area contributed by atoms with Crippen molar-refractivity contribution in [3.05, 3.63) is 23.5 Å². The van der Waals surface area contributed by atoms with E-state index < -0.39 is 154 Å². The smallest absolute Gasteiger partial charge is 0.309 e. The number of carbonyl (C=O) groups is 1. The lowest BCUT2D eigenvalue weighted by molar-refractivity contribution is -0.376. The van der Waals surface area contributed by atoms with Gasteiger partial charge in [-0.1, -0.05) is 18.6 Å². The van der Waals surface area contributed by atoms with E-state index in [1.807, 2.05) is 20.1 Å². The molecular formula is C53H82O24. The first-order chi connectivity index (χ1) is 36.8. The van der Waals surface area contributed by atoms with Crippen molar-refractivity contribution in [1.82, 2.24) is 0 Å². The number of carbonyl (C=O) groups excluding carboxylic acids is 1. The van der Waals surface area contributed by atoms with Gasteiger partial charge in [0.2, 0.25) is 5.79 Å². The van der Waals surface area contributed by atoms with Crippen molar-refractivity contribution in [2.75, 3.05) is 34.0 Å². The summed E-state index contributed by atoms with van der Waals surface area (Å²) in [5.74, 6) is -1.12. The van der Waals surface area contributed by atoms with Crippen molar-refractivity contribution in [3.63, 3.8) is 0 Å². The van der Waals surface area contributed by atoms with Gasteiger partial charge in [-0.25, -0.2) is 0 Å². The number of hydrogen-bond donors (Lipinski definition) is 8. The van der Waals surface area contributed by atoms with E-state index in [-0.39, 0.29) is 54.2 Å². The second-order valence-corrected chi connectivity index (χ2v) is 23.2. The fourth-order valence-electron chi connectivity index (χ4n) is 14.0. The molecular weight excluding hydrogens is 1020 g/mol. The Morgan fingerprint density at radius 2 is 1.25 bits per heavy atom. The number of esters is 1. The highest BCUT2D eigenvalue weighted by molar-refractivity contribution is 5.74. The zero-order valence-corrected chi connectivity index (χ0v) is 44.8. The van der Waals surface area contributed by atoms with Crippen LogP contribution in [0.15, 0.2) is 23.5 Å². The van der Waals surface area contributed by atoms with Crippen molar-refractivity contribution < 1.29 is 117 Å². The fraction of sp³-hybridized carbons (Fsp3) is 0.906. The third-order valence-corrected chi connectivity index (χ3v) is 18.4. The first kappa shape index (κ1) is 58.1. The molecule has 0 aromatic rings. The molecule has 8 fully saturated rings. The summed E-state index contributed by atoms with van der Waals surface area (Å²) >= 11 is 0. The van der Waals surface area contributed by atoms with Crippen LogP contribution in [0, 0.1) is 23.2 Å². The molecule has 8 heterocycles. The Morgan fingerprint density at radius 3 is 1.90 bits per heavy atom. The van der Waals surface area contributed by atoms with E-state index in [1.165, 1.54) is 12.7 Å². The van der Waals surface area contributed by atoms with Crippen LogP contribution in [-0.2, 0) is 75.8 Å². The van der Waals surface area contributed by atoms with Gasteiger partial charge in [-0.2, -0.15) is 0 Å². The molecule has 0 radical (unpaired) electrons. The normalized spacial score (nSPS) is 52.1. The van der Waals surface area contributed by atoms with Gasteiger partial charge in [-0.3, -0.25) is 4.79 Å². The molecule has 2 aliphatic carbocycles. The lowest BCUT2D eigenvalue weighted by Gasteiger charge is -2.51. The van der Waals surface area contributed by atoms with E-state index >= 15 is 0 Å². The number of fused-ring (bicyclic) bond motifs is 3. The molecule has 0 spiro atoms. The molecule has 77 heavy (non-hydrogen) atoms. The Labute approximate surface area is 447 Å². The highest BCUT2D eigenvalue weighted by Crippen LogP contribution is 2.57. The standard InChI is InChI=1S/C53H82O24/c1-22-45(74-38-17-32(64-7)47(24(3)69-38)76-51-44(61)42(59)48(34(19-55)73-51)77-50-43(60)41(58)40(57)33(18-54)72-50)30(56)15-36(67-22)75-46-23(2)68-37(16-31(46)63-6)70-27-12-13-52(4)26(14-27)9-10-28-29(52)11-8-25-20-65-53(5)39(25)35(21-66-53)71-49(28)62/h9,20,22-24,27-48,50-51,54-61H,8,10-19,21H2,1-7H3/t22-,23-,24-,27+,28-,29+,30+,31-,32-,33-,34-,35-,36+,37+,38+,39-,40-,41+,42-,43-,44-,45-,46-,47-,48-,50+,51+,52+,53+/m1/s1. The summed E-state index contributed by atoms with van der Waals surface area (Å²) in [4.78, 5) is 13.8. The van der Waals surface area contributed by atoms with Gasteiger partial charge in [0, 0.05) is 40.4 Å². The van der Waals surface area contributed by atoms with E-state index in [2.05, 4.69) is 13.0 Å². The molecule has 0 aromatic carbocycles. The number of rotatable bonds is 14. The molecule has 0 amide bonds. The third-order valence-electron chi connectivity index (χ3n) is 18.4. The van der Waals surface area contributed by atoms with Crippen LogP contribution in [-0.4, -0.2) is 234 Å². The highest BCUT2D eigenvalue weighted by atomic mass is 16.8. The summed E-state index contributed by atoms with van der Waals surface area (Å²) in [6, 6.07) is 0. The number of allylic oxidation sites excluding steroid dienone is 1. The predicted octanol–water partition coefficient (Wildman–Crippen LogP) is -0.318. The molecule has 8 N–H and O–H groups in total. The maximum absolute atomic E-state index is 13.8. The van der Waals surface area contributed by atoms with Crippen LogP contribution in [0.5, 0.6) is 0 Å². The Morgan fingerprint density at radius 1 is 0.662 bits per heavy atom. The van der Waals surface area contributed by atoms with Gasteiger partial charge in [0.05, 0.1) is 80.6 Å². The van der Waals surface area contributed by atoms with Crippen molar-refractivity contribution >= 4 is 5.97 Å². The van der Waals surface area contributed by atoms with Crippen LogP contribution in [0.1, 0.15) is 92.4 Å². The maximum Gasteiger partial charge on any atom is 0.309 e. The molecule has 0 unspecified atom stereocenters. The van der Waals surface area contributed by atoms with Crippen molar-refractivity contribution in [1.29, 1.82) is 0 Å². The summed E-state index contributed by atoms with van der Waals surface area (Å²) in [6.45, 7) is 8.47. The highest BCUT2D eigenvalue weighted by Gasteiger charge is 2.59. The van der Waals surface area contributed by atoms with Crippen LogP contribution in [0.4, 0.5) is 0 Å². The van der Waals surface area contributed by atoms with Crippen LogP contribution in [0.25, 0.3) is 0 Å². The monoisotopic (exact) mass is 1100 g/mol. The molecule has 1 saturated carbocycles. The molecule has 24 nitrogen and oxygen atoms in total. The molecule has 438 valence electrons. The van der Waals surface area contributed by atoms with E-state index in [1.54, 1.807) is 21.0 Å². The molecule has 0 bridgehead atoms. The Bertz CT molecular complexity index is 2070. The van der Waals surface area contributed by atoms with Gasteiger partial charge in [0.15, 0.2) is 31.5 Å². The Balaban J connectivity index is 0.690. The minimum atomic E-state index is -1.81. The summed E-state index contributed by atoms with van der Waals surface area (Å²) in [5.41, 5.74) is 2.30. The van der Waals surface area contributed by atoms with E-state index in [9.17, 15) is 45.6 Å². The maximum atomic E-state index is 13.8. The van der Waals surface area contributed by atoms with E-state index in [0.717, 1.165) is 37.7 Å². The van der Waals surface area contributed by atoms with Gasteiger partial charge in [0.1, 0.15) is 73.2 Å². The number of aliphatic hydroxyl groups is 8. The molecule has 10 aliphatic rings. The molecule has 24 heteroatoms. The van der Waals surface area contributed by atoms with E-state index in [0.29, 0.717) is 19.4 Å². The molecule has 29 atom stereocenters. The quantitative estimate of drug-likeness (QED) is 0.0817. The first-order valence-electron chi connectivity index (χ1n) is 27.6. The van der Waals surface area contributed by atoms with Crippen molar-refractivity contribution in [2.45, 2.75) is 246 Å². The molecule has 7 saturated heterocycles. The molecule has 8 aliphatic heterocycles. The zero-order valence-electron chi connectivity index (χ0n) is 44.8. The van der Waals surface area contributed by atoms with Crippen LogP contribution in [0.2, 0.25) is 0 Å². The second-order valence-electron chi connectivity index (χ2n) is 23.2. The first-order valence-corrected chi connectivity index (χ1v) is 27.6. The van der Waals surface area contributed by atoms with Gasteiger partial charge in [-0.05, 0) is 76.2 Å². The third kappa shape index (κ3) is 11.3. The van der Waals surface area contributed by atoms with Crippen LogP contribution in [0.3, 0.4) is 0 Å². The number of aliphatic hydroxyl groups excluding tert-OH is 8. The average Bonchev–Trinajstić information content (AvgIpc) is 4.04. The predicted molar refractivity (Wildman–Crippen MR) is 258 cm³/mol. The lowest BCUT2D eigenvalue weighted by atomic mass is 9.55. The average molecular weight is 1100 g/mol. The Hall–Kier alpha value is -2.09. The van der Waals surface area contributed by atoms with Gasteiger partial charge < -0.3 is 112 Å². The van der Waals surface area contributed by atoms with Gasteiger partial charge in [-0.15, -0.1) is 0 Å². The Kier molecular flexibility index (Phi) is 17.8. The van der Waals surface area contributed by atoms with Gasteiger partial charge >= 0.3 is 5.97 Å². The number of hydrogen-bond acceptors (Lipinski definition) is 24. The summed E-state index contributed by atoms with van der Waals surface area (Å²) in [5, 5.41) is 84.6. The van der Waals surface area contributed by atoms with E-state index in [4.69, 9.17) is 71.1 Å². The van der Waals surface area contributed by atoms with Gasteiger partial charge in [0.25, 0.3) is 0 Å². The fourth-order valence-corrected chi connectivity index (χ4v) is 14.0. The molecule has 0 aromatic heterocycles. The second kappa shape index (κ2) is 23.6.